The highest BCUT2D eigenvalue weighted by Gasteiger charge is 2.42. The Morgan fingerprint density at radius 1 is 0.524 bits per heavy atom. The standard InChI is InChI=1S/C40H30N2/c1-40(2)34-19-9-6-16-31(34)38-32-17-7-10-21-36(32)42(37-22-11-8-18-33(37)39(38)40)30-25-28(27-14-4-3-5-15-27)24-29(26-30)35-20-12-13-23-41-35/h3-26H,1-2H3. The van der Waals surface area contributed by atoms with Crippen LogP contribution in [0, 0.1) is 0 Å². The van der Waals surface area contributed by atoms with Crippen molar-refractivity contribution in [2.75, 3.05) is 4.90 Å². The van der Waals surface area contributed by atoms with Crippen LogP contribution < -0.4 is 4.90 Å². The van der Waals surface area contributed by atoms with Crippen LogP contribution in [0.25, 0.3) is 33.5 Å². The Hall–Kier alpha value is -5.21. The molecule has 200 valence electrons. The molecule has 42 heavy (non-hydrogen) atoms. The lowest BCUT2D eigenvalue weighted by molar-refractivity contribution is 0.704. The Bertz CT molecular complexity index is 1940. The third-order valence-electron chi connectivity index (χ3n) is 8.82. The molecule has 0 spiro atoms. The van der Waals surface area contributed by atoms with Gasteiger partial charge in [-0.05, 0) is 75.9 Å². The van der Waals surface area contributed by atoms with E-state index in [4.69, 9.17) is 4.98 Å². The van der Waals surface area contributed by atoms with Gasteiger partial charge in [-0.3, -0.25) is 4.98 Å². The first-order chi connectivity index (χ1) is 20.6. The molecular formula is C40H30N2. The molecule has 0 amide bonds. The summed E-state index contributed by atoms with van der Waals surface area (Å²) in [6.45, 7) is 4.75. The van der Waals surface area contributed by atoms with Gasteiger partial charge in [0.1, 0.15) is 0 Å². The molecule has 1 aliphatic carbocycles. The Kier molecular flexibility index (Phi) is 5.52. The minimum Gasteiger partial charge on any atom is -0.309 e. The van der Waals surface area contributed by atoms with Gasteiger partial charge in [-0.15, -0.1) is 0 Å². The van der Waals surface area contributed by atoms with Crippen molar-refractivity contribution in [3.8, 4) is 22.4 Å². The van der Waals surface area contributed by atoms with E-state index in [0.717, 1.165) is 16.9 Å². The molecule has 0 unspecified atom stereocenters. The van der Waals surface area contributed by atoms with Crippen molar-refractivity contribution in [2.24, 2.45) is 0 Å². The van der Waals surface area contributed by atoms with Crippen molar-refractivity contribution >= 4 is 28.2 Å². The first-order valence-corrected chi connectivity index (χ1v) is 14.6. The van der Waals surface area contributed by atoms with Crippen LogP contribution in [0.15, 0.2) is 146 Å². The molecule has 0 saturated carbocycles. The van der Waals surface area contributed by atoms with E-state index in [1.165, 1.54) is 55.9 Å². The van der Waals surface area contributed by atoms with Crippen LogP contribution in [0.2, 0.25) is 0 Å². The molecule has 0 saturated heterocycles. The second-order valence-electron chi connectivity index (χ2n) is 11.6. The van der Waals surface area contributed by atoms with E-state index in [0.29, 0.717) is 0 Å². The Balaban J connectivity index is 1.45. The number of hydrogen-bond donors (Lipinski definition) is 0. The average molecular weight is 539 g/mol. The Labute approximate surface area is 247 Å². The van der Waals surface area contributed by atoms with E-state index in [1.54, 1.807) is 0 Å². The quantitative estimate of drug-likeness (QED) is 0.223. The summed E-state index contributed by atoms with van der Waals surface area (Å²) in [7, 11) is 0. The van der Waals surface area contributed by atoms with Crippen molar-refractivity contribution in [3.05, 3.63) is 168 Å². The molecular weight excluding hydrogens is 508 g/mol. The average Bonchev–Trinajstić information content (AvgIpc) is 3.19. The SMILES string of the molecule is CC1(C)C2=C(c3ccccc3N(c3cc(-c4ccccc4)cc(-c4ccccn4)c3)c3ccccc32)c2ccccc21. The number of hydrogen-bond acceptors (Lipinski definition) is 2. The zero-order chi connectivity index (χ0) is 28.3. The van der Waals surface area contributed by atoms with Gasteiger partial charge in [-0.1, -0.05) is 111 Å². The number of para-hydroxylation sites is 2. The number of nitrogens with zero attached hydrogens (tertiary/aromatic N) is 2. The molecule has 2 heteroatoms. The molecule has 0 fully saturated rings. The predicted octanol–water partition coefficient (Wildman–Crippen LogP) is 10.4. The fraction of sp³-hybridized carbons (Fsp3) is 0.0750. The molecule has 0 bridgehead atoms. The van der Waals surface area contributed by atoms with Gasteiger partial charge in [0.05, 0.1) is 17.1 Å². The fourth-order valence-corrected chi connectivity index (χ4v) is 6.97. The zero-order valence-corrected chi connectivity index (χ0v) is 23.8. The van der Waals surface area contributed by atoms with Crippen molar-refractivity contribution < 1.29 is 0 Å². The molecule has 2 nitrogen and oxygen atoms in total. The van der Waals surface area contributed by atoms with Crippen molar-refractivity contribution in [3.63, 3.8) is 0 Å². The number of allylic oxidation sites excluding steroid dienone is 1. The smallest absolute Gasteiger partial charge is 0.0702 e. The highest BCUT2D eigenvalue weighted by molar-refractivity contribution is 6.14. The monoisotopic (exact) mass is 538 g/mol. The maximum Gasteiger partial charge on any atom is 0.0702 e. The Morgan fingerprint density at radius 2 is 1.14 bits per heavy atom. The summed E-state index contributed by atoms with van der Waals surface area (Å²) in [6.07, 6.45) is 1.87. The number of benzene rings is 5. The van der Waals surface area contributed by atoms with Crippen molar-refractivity contribution in [1.82, 2.24) is 4.98 Å². The topological polar surface area (TPSA) is 16.1 Å². The minimum absolute atomic E-state index is 0.143. The van der Waals surface area contributed by atoms with E-state index < -0.39 is 0 Å². The molecule has 8 rings (SSSR count). The minimum atomic E-state index is -0.143. The second-order valence-corrected chi connectivity index (χ2v) is 11.6. The van der Waals surface area contributed by atoms with E-state index >= 15 is 0 Å². The summed E-state index contributed by atoms with van der Waals surface area (Å²) < 4.78 is 0. The molecule has 2 heterocycles. The van der Waals surface area contributed by atoms with Crippen LogP contribution in [-0.2, 0) is 5.41 Å². The zero-order valence-electron chi connectivity index (χ0n) is 23.8. The van der Waals surface area contributed by atoms with E-state index in [1.807, 2.05) is 12.3 Å². The van der Waals surface area contributed by atoms with Crippen molar-refractivity contribution in [1.29, 1.82) is 0 Å². The van der Waals surface area contributed by atoms with Gasteiger partial charge in [0.25, 0.3) is 0 Å². The first kappa shape index (κ1) is 24.6. The molecule has 0 atom stereocenters. The predicted molar refractivity (Wildman–Crippen MR) is 175 cm³/mol. The van der Waals surface area contributed by atoms with Crippen LogP contribution in [-0.4, -0.2) is 4.98 Å². The molecule has 2 aliphatic rings. The lowest BCUT2D eigenvalue weighted by Crippen LogP contribution is -2.18. The molecule has 1 aliphatic heterocycles. The maximum absolute atomic E-state index is 4.74. The van der Waals surface area contributed by atoms with Crippen LogP contribution in [0.4, 0.5) is 17.1 Å². The molecule has 0 N–H and O–H groups in total. The van der Waals surface area contributed by atoms with Gasteiger partial charge >= 0.3 is 0 Å². The number of pyridine rings is 1. The van der Waals surface area contributed by atoms with Gasteiger partial charge in [-0.25, -0.2) is 0 Å². The highest BCUT2D eigenvalue weighted by Crippen LogP contribution is 2.59. The summed E-state index contributed by atoms with van der Waals surface area (Å²) in [5.74, 6) is 0. The van der Waals surface area contributed by atoms with Gasteiger partial charge in [0.2, 0.25) is 0 Å². The van der Waals surface area contributed by atoms with Gasteiger partial charge in [0, 0.05) is 34.0 Å². The lowest BCUT2D eigenvalue weighted by Gasteiger charge is -2.31. The highest BCUT2D eigenvalue weighted by atomic mass is 15.1. The maximum atomic E-state index is 4.74. The summed E-state index contributed by atoms with van der Waals surface area (Å²) in [4.78, 5) is 7.20. The number of aromatic nitrogens is 1. The summed E-state index contributed by atoms with van der Waals surface area (Å²) >= 11 is 0. The third-order valence-corrected chi connectivity index (χ3v) is 8.82. The van der Waals surface area contributed by atoms with Gasteiger partial charge in [-0.2, -0.15) is 0 Å². The third kappa shape index (κ3) is 3.69. The second kappa shape index (κ2) is 9.43. The summed E-state index contributed by atoms with van der Waals surface area (Å²) in [5.41, 5.74) is 15.7. The summed E-state index contributed by atoms with van der Waals surface area (Å²) in [5, 5.41) is 0. The normalized spacial score (nSPS) is 14.5. The molecule has 6 aromatic rings. The number of fused-ring (bicyclic) bond motifs is 6. The van der Waals surface area contributed by atoms with Crippen LogP contribution >= 0.6 is 0 Å². The lowest BCUT2D eigenvalue weighted by atomic mass is 9.77. The van der Waals surface area contributed by atoms with Gasteiger partial charge in [0.15, 0.2) is 0 Å². The van der Waals surface area contributed by atoms with Crippen LogP contribution in [0.5, 0.6) is 0 Å². The fourth-order valence-electron chi connectivity index (χ4n) is 6.97. The van der Waals surface area contributed by atoms with Crippen LogP contribution in [0.1, 0.15) is 36.1 Å². The Morgan fingerprint density at radius 3 is 1.90 bits per heavy atom. The molecule has 5 aromatic carbocycles. The van der Waals surface area contributed by atoms with Crippen LogP contribution in [0.3, 0.4) is 0 Å². The van der Waals surface area contributed by atoms with Crippen molar-refractivity contribution in [2.45, 2.75) is 19.3 Å². The summed E-state index contributed by atoms with van der Waals surface area (Å²) in [6, 6.07) is 50.4. The number of anilines is 3. The first-order valence-electron chi connectivity index (χ1n) is 14.6. The van der Waals surface area contributed by atoms with E-state index in [-0.39, 0.29) is 5.41 Å². The number of rotatable bonds is 3. The van der Waals surface area contributed by atoms with E-state index in [9.17, 15) is 0 Å². The van der Waals surface area contributed by atoms with E-state index in [2.05, 4.69) is 152 Å². The largest absolute Gasteiger partial charge is 0.309 e. The molecule has 0 radical (unpaired) electrons. The van der Waals surface area contributed by atoms with Gasteiger partial charge < -0.3 is 4.90 Å². The molecule has 1 aromatic heterocycles.